The summed E-state index contributed by atoms with van der Waals surface area (Å²) in [5, 5.41) is 4.70. The molecule has 0 fully saturated rings. The molecule has 2 aromatic rings. The van der Waals surface area contributed by atoms with Crippen molar-refractivity contribution >= 4 is 27.5 Å². The molecule has 0 saturated carbocycles. The molecule has 3 rings (SSSR count). The van der Waals surface area contributed by atoms with E-state index in [2.05, 4.69) is 26.3 Å². The predicted molar refractivity (Wildman–Crippen MR) is 86.9 cm³/mol. The first-order valence-electron chi connectivity index (χ1n) is 7.23. The summed E-state index contributed by atoms with van der Waals surface area (Å²) in [5.41, 5.74) is 1.89. The molecule has 1 aliphatic rings. The molecule has 2 N–H and O–H groups in total. The van der Waals surface area contributed by atoms with E-state index in [-0.39, 0.29) is 11.5 Å². The van der Waals surface area contributed by atoms with Crippen LogP contribution in [0.25, 0.3) is 10.2 Å². The van der Waals surface area contributed by atoms with Gasteiger partial charge in [0, 0.05) is 26.6 Å². The van der Waals surface area contributed by atoms with E-state index in [0.717, 1.165) is 25.0 Å². The number of H-pyrrole nitrogens is 1. The zero-order valence-electron chi connectivity index (χ0n) is 12.4. The molecule has 0 aromatic carbocycles. The summed E-state index contributed by atoms with van der Waals surface area (Å²) in [6, 6.07) is 1.87. The number of rotatable bonds is 4. The van der Waals surface area contributed by atoms with Gasteiger partial charge in [-0.1, -0.05) is 6.08 Å². The lowest BCUT2D eigenvalue weighted by Crippen LogP contribution is -2.34. The minimum absolute atomic E-state index is 0.0214. The maximum atomic E-state index is 12.0. The third-order valence-electron chi connectivity index (χ3n) is 3.61. The number of nitrogens with zero attached hydrogens (tertiary/aromatic N) is 2. The highest BCUT2D eigenvalue weighted by atomic mass is 32.1. The average molecular weight is 318 g/mol. The number of carbonyl (C=O) groups is 1. The van der Waals surface area contributed by atoms with Crippen molar-refractivity contribution in [2.24, 2.45) is 0 Å². The van der Waals surface area contributed by atoms with E-state index < -0.39 is 0 Å². The third kappa shape index (κ3) is 3.42. The summed E-state index contributed by atoms with van der Waals surface area (Å²) in [7, 11) is 0. The molecule has 0 radical (unpaired) electrons. The second-order valence-electron chi connectivity index (χ2n) is 5.42. The van der Waals surface area contributed by atoms with Crippen LogP contribution in [0.1, 0.15) is 19.2 Å². The highest BCUT2D eigenvalue weighted by Crippen LogP contribution is 2.15. The summed E-state index contributed by atoms with van der Waals surface area (Å²) in [6.45, 7) is 4.42. The molecule has 0 saturated heterocycles. The van der Waals surface area contributed by atoms with Crippen LogP contribution in [0.5, 0.6) is 0 Å². The van der Waals surface area contributed by atoms with Crippen molar-refractivity contribution in [1.29, 1.82) is 0 Å². The van der Waals surface area contributed by atoms with Crippen LogP contribution in [0.3, 0.4) is 0 Å². The fourth-order valence-corrected chi connectivity index (χ4v) is 3.32. The molecular formula is C15H18N4O2S. The number of aromatic nitrogens is 2. The van der Waals surface area contributed by atoms with Crippen molar-refractivity contribution < 1.29 is 4.79 Å². The second kappa shape index (κ2) is 6.41. The molecular weight excluding hydrogens is 300 g/mol. The molecule has 1 amide bonds. The van der Waals surface area contributed by atoms with Gasteiger partial charge in [0.25, 0.3) is 5.56 Å². The number of aromatic amines is 1. The summed E-state index contributed by atoms with van der Waals surface area (Å²) in [5.74, 6) is 0.670. The van der Waals surface area contributed by atoms with E-state index in [1.807, 2.05) is 11.4 Å². The van der Waals surface area contributed by atoms with Gasteiger partial charge in [0.2, 0.25) is 5.91 Å². The van der Waals surface area contributed by atoms with Crippen LogP contribution in [0.2, 0.25) is 0 Å². The smallest absolute Gasteiger partial charge is 0.268 e. The maximum Gasteiger partial charge on any atom is 0.268 e. The molecule has 7 heteroatoms. The Bertz CT molecular complexity index is 777. The van der Waals surface area contributed by atoms with Crippen LogP contribution in [0.15, 0.2) is 27.9 Å². The minimum atomic E-state index is -0.0685. The molecule has 1 aliphatic heterocycles. The topological polar surface area (TPSA) is 78.1 Å². The predicted octanol–water partition coefficient (Wildman–Crippen LogP) is 1.25. The number of carbonyl (C=O) groups excluding carboxylic acids is 1. The Morgan fingerprint density at radius 2 is 2.41 bits per heavy atom. The Kier molecular flexibility index (Phi) is 4.35. The van der Waals surface area contributed by atoms with Gasteiger partial charge in [-0.2, -0.15) is 0 Å². The fourth-order valence-electron chi connectivity index (χ4n) is 2.59. The third-order valence-corrected chi connectivity index (χ3v) is 4.51. The SMILES string of the molecule is CC(=O)NCC1=CCCN(Cc2nc3ccsc3c(=O)[nH]2)C1. The summed E-state index contributed by atoms with van der Waals surface area (Å²) in [4.78, 5) is 32.6. The molecule has 2 aromatic heterocycles. The van der Waals surface area contributed by atoms with Gasteiger partial charge in [0.15, 0.2) is 0 Å². The first kappa shape index (κ1) is 14.9. The lowest BCUT2D eigenvalue weighted by atomic mass is 10.1. The van der Waals surface area contributed by atoms with Gasteiger partial charge in [-0.05, 0) is 23.4 Å². The van der Waals surface area contributed by atoms with Gasteiger partial charge in [-0.3, -0.25) is 14.5 Å². The Morgan fingerprint density at radius 3 is 3.23 bits per heavy atom. The Labute approximate surface area is 131 Å². The van der Waals surface area contributed by atoms with E-state index >= 15 is 0 Å². The molecule has 0 spiro atoms. The largest absolute Gasteiger partial charge is 0.353 e. The van der Waals surface area contributed by atoms with Crippen molar-refractivity contribution in [3.05, 3.63) is 39.3 Å². The maximum absolute atomic E-state index is 12.0. The fraction of sp³-hybridized carbons (Fsp3) is 0.400. The average Bonchev–Trinajstić information content (AvgIpc) is 2.94. The number of hydrogen-bond acceptors (Lipinski definition) is 5. The molecule has 0 atom stereocenters. The summed E-state index contributed by atoms with van der Waals surface area (Å²) in [6.07, 6.45) is 3.12. The summed E-state index contributed by atoms with van der Waals surface area (Å²) < 4.78 is 0.675. The van der Waals surface area contributed by atoms with E-state index in [9.17, 15) is 9.59 Å². The number of amides is 1. The highest BCUT2D eigenvalue weighted by Gasteiger charge is 2.15. The lowest BCUT2D eigenvalue weighted by Gasteiger charge is -2.26. The molecule has 22 heavy (non-hydrogen) atoms. The van der Waals surface area contributed by atoms with E-state index in [0.29, 0.717) is 23.6 Å². The molecule has 6 nitrogen and oxygen atoms in total. The van der Waals surface area contributed by atoms with E-state index in [4.69, 9.17) is 0 Å². The monoisotopic (exact) mass is 318 g/mol. The normalized spacial score (nSPS) is 15.8. The zero-order chi connectivity index (χ0) is 15.5. The quantitative estimate of drug-likeness (QED) is 0.832. The number of hydrogen-bond donors (Lipinski definition) is 2. The molecule has 0 unspecified atom stereocenters. The Balaban J connectivity index is 1.68. The zero-order valence-corrected chi connectivity index (χ0v) is 13.2. The number of nitrogens with one attached hydrogen (secondary N) is 2. The van der Waals surface area contributed by atoms with Gasteiger partial charge in [0.05, 0.1) is 12.1 Å². The minimum Gasteiger partial charge on any atom is -0.353 e. The van der Waals surface area contributed by atoms with Crippen LogP contribution in [-0.4, -0.2) is 40.4 Å². The van der Waals surface area contributed by atoms with Crippen LogP contribution in [0.4, 0.5) is 0 Å². The highest BCUT2D eigenvalue weighted by molar-refractivity contribution is 7.17. The second-order valence-corrected chi connectivity index (χ2v) is 6.34. The van der Waals surface area contributed by atoms with Gasteiger partial charge < -0.3 is 10.3 Å². The van der Waals surface area contributed by atoms with Crippen molar-refractivity contribution in [1.82, 2.24) is 20.2 Å². The standard InChI is InChI=1S/C15H18N4O2S/c1-10(20)16-7-11-3-2-5-19(8-11)9-13-17-12-4-6-22-14(12)15(21)18-13/h3-4,6H,2,5,7-9H2,1H3,(H,16,20)(H,17,18,21). The first-order valence-corrected chi connectivity index (χ1v) is 8.11. The van der Waals surface area contributed by atoms with Crippen molar-refractivity contribution in [3.8, 4) is 0 Å². The number of fused-ring (bicyclic) bond motifs is 1. The van der Waals surface area contributed by atoms with Crippen LogP contribution >= 0.6 is 11.3 Å². The molecule has 3 heterocycles. The Morgan fingerprint density at radius 1 is 1.55 bits per heavy atom. The lowest BCUT2D eigenvalue weighted by molar-refractivity contribution is -0.118. The van der Waals surface area contributed by atoms with Crippen molar-refractivity contribution in [3.63, 3.8) is 0 Å². The van der Waals surface area contributed by atoms with Crippen LogP contribution in [0, 0.1) is 0 Å². The molecule has 0 bridgehead atoms. The van der Waals surface area contributed by atoms with Crippen LogP contribution < -0.4 is 10.9 Å². The number of thiophene rings is 1. The Hall–Kier alpha value is -1.99. The van der Waals surface area contributed by atoms with Gasteiger partial charge in [-0.25, -0.2) is 4.98 Å². The van der Waals surface area contributed by atoms with E-state index in [1.165, 1.54) is 23.8 Å². The van der Waals surface area contributed by atoms with Gasteiger partial charge >= 0.3 is 0 Å². The van der Waals surface area contributed by atoms with Crippen molar-refractivity contribution in [2.75, 3.05) is 19.6 Å². The van der Waals surface area contributed by atoms with E-state index in [1.54, 1.807) is 0 Å². The first-order chi connectivity index (χ1) is 10.6. The van der Waals surface area contributed by atoms with Gasteiger partial charge in [0.1, 0.15) is 10.5 Å². The van der Waals surface area contributed by atoms with Crippen molar-refractivity contribution in [2.45, 2.75) is 19.9 Å². The van der Waals surface area contributed by atoms with Gasteiger partial charge in [-0.15, -0.1) is 11.3 Å². The molecule has 116 valence electrons. The molecule has 0 aliphatic carbocycles. The van der Waals surface area contributed by atoms with Crippen LogP contribution in [-0.2, 0) is 11.3 Å². The summed E-state index contributed by atoms with van der Waals surface area (Å²) >= 11 is 1.41.